The van der Waals surface area contributed by atoms with Crippen LogP contribution < -0.4 is 0 Å². The van der Waals surface area contributed by atoms with Crippen molar-refractivity contribution in [2.75, 3.05) is 19.6 Å². The molecule has 0 N–H and O–H groups in total. The Hall–Kier alpha value is -0.0400. The lowest BCUT2D eigenvalue weighted by Crippen LogP contribution is -2.27. The first-order valence-electron chi connectivity index (χ1n) is 5.16. The monoisotopic (exact) mass is 155 g/mol. The quantitative estimate of drug-likeness (QED) is 0.592. The highest BCUT2D eigenvalue weighted by Crippen LogP contribution is 2.10. The molecule has 1 nitrogen and oxygen atoms in total. The molecule has 0 aromatic rings. The smallest absolute Gasteiger partial charge is 0.00187 e. The second-order valence-electron chi connectivity index (χ2n) is 3.61. The molecule has 1 heteroatoms. The first kappa shape index (κ1) is 9.05. The van der Waals surface area contributed by atoms with Gasteiger partial charge >= 0.3 is 0 Å². The summed E-state index contributed by atoms with van der Waals surface area (Å²) in [7, 11) is 0. The van der Waals surface area contributed by atoms with Gasteiger partial charge in [0.05, 0.1) is 0 Å². The van der Waals surface area contributed by atoms with Crippen molar-refractivity contribution in [2.45, 2.75) is 45.4 Å². The summed E-state index contributed by atoms with van der Waals surface area (Å²) in [5, 5.41) is 0. The molecule has 1 saturated heterocycles. The van der Waals surface area contributed by atoms with Crippen molar-refractivity contribution >= 4 is 0 Å². The van der Waals surface area contributed by atoms with Crippen molar-refractivity contribution in [3.05, 3.63) is 0 Å². The van der Waals surface area contributed by atoms with Gasteiger partial charge in [0.15, 0.2) is 0 Å². The van der Waals surface area contributed by atoms with Gasteiger partial charge in [0.25, 0.3) is 0 Å². The molecular weight excluding hydrogens is 134 g/mol. The van der Waals surface area contributed by atoms with Crippen LogP contribution in [0.25, 0.3) is 0 Å². The molecule has 0 unspecified atom stereocenters. The molecule has 0 aromatic heterocycles. The Morgan fingerprint density at radius 3 is 2.00 bits per heavy atom. The first-order valence-corrected chi connectivity index (χ1v) is 5.16. The number of likely N-dealkylation sites (tertiary alicyclic amines) is 1. The van der Waals surface area contributed by atoms with Crippen LogP contribution in [0.5, 0.6) is 0 Å². The van der Waals surface area contributed by atoms with Crippen molar-refractivity contribution in [2.24, 2.45) is 0 Å². The lowest BCUT2D eigenvalue weighted by atomic mass is 10.1. The fraction of sp³-hybridized carbons (Fsp3) is 1.00. The van der Waals surface area contributed by atoms with E-state index in [-0.39, 0.29) is 0 Å². The molecule has 0 radical (unpaired) electrons. The summed E-state index contributed by atoms with van der Waals surface area (Å²) in [5.74, 6) is 0. The van der Waals surface area contributed by atoms with Gasteiger partial charge in [-0.25, -0.2) is 0 Å². The summed E-state index contributed by atoms with van der Waals surface area (Å²) in [6, 6.07) is 0. The van der Waals surface area contributed by atoms with E-state index in [4.69, 9.17) is 0 Å². The van der Waals surface area contributed by atoms with Crippen LogP contribution in [0.15, 0.2) is 0 Å². The van der Waals surface area contributed by atoms with Crippen molar-refractivity contribution in [1.82, 2.24) is 4.90 Å². The Labute approximate surface area is 70.8 Å². The third-order valence-corrected chi connectivity index (χ3v) is 2.49. The van der Waals surface area contributed by atoms with Gasteiger partial charge in [0.1, 0.15) is 0 Å². The minimum Gasteiger partial charge on any atom is -0.303 e. The summed E-state index contributed by atoms with van der Waals surface area (Å²) in [6.07, 6.45) is 8.57. The summed E-state index contributed by atoms with van der Waals surface area (Å²) in [4.78, 5) is 2.62. The first-order chi connectivity index (χ1) is 5.43. The van der Waals surface area contributed by atoms with Crippen LogP contribution in [0.1, 0.15) is 45.4 Å². The standard InChI is InChI=1S/C10H21N/c1-2-8-11-9-6-4-3-5-7-10-11/h2-10H2,1H3. The predicted octanol–water partition coefficient (Wildman–Crippen LogP) is 2.66. The highest BCUT2D eigenvalue weighted by Gasteiger charge is 2.05. The molecule has 11 heavy (non-hydrogen) atoms. The maximum atomic E-state index is 2.62. The van der Waals surface area contributed by atoms with Gasteiger partial charge in [-0.1, -0.05) is 26.2 Å². The normalized spacial score (nSPS) is 22.6. The van der Waals surface area contributed by atoms with Crippen LogP contribution in [0.4, 0.5) is 0 Å². The van der Waals surface area contributed by atoms with Gasteiger partial charge in [-0.2, -0.15) is 0 Å². The Balaban J connectivity index is 2.15. The van der Waals surface area contributed by atoms with Gasteiger partial charge in [0.2, 0.25) is 0 Å². The van der Waals surface area contributed by atoms with E-state index in [1.54, 1.807) is 0 Å². The highest BCUT2D eigenvalue weighted by molar-refractivity contribution is 4.61. The fourth-order valence-electron chi connectivity index (χ4n) is 1.85. The average Bonchev–Trinajstić information content (AvgIpc) is 1.94. The zero-order chi connectivity index (χ0) is 7.94. The Bertz CT molecular complexity index is 82.9. The van der Waals surface area contributed by atoms with Crippen molar-refractivity contribution < 1.29 is 0 Å². The minimum atomic E-state index is 1.32. The topological polar surface area (TPSA) is 3.24 Å². The van der Waals surface area contributed by atoms with Crippen molar-refractivity contribution in [1.29, 1.82) is 0 Å². The van der Waals surface area contributed by atoms with E-state index in [1.807, 2.05) is 0 Å². The third kappa shape index (κ3) is 3.76. The molecular formula is C10H21N. The Kier molecular flexibility index (Phi) is 4.60. The van der Waals surface area contributed by atoms with E-state index >= 15 is 0 Å². The van der Waals surface area contributed by atoms with Gasteiger partial charge in [-0.05, 0) is 38.9 Å². The van der Waals surface area contributed by atoms with E-state index in [9.17, 15) is 0 Å². The number of rotatable bonds is 2. The van der Waals surface area contributed by atoms with Gasteiger partial charge in [-0.15, -0.1) is 0 Å². The van der Waals surface area contributed by atoms with E-state index in [2.05, 4.69) is 11.8 Å². The molecule has 1 heterocycles. The fourth-order valence-corrected chi connectivity index (χ4v) is 1.85. The molecule has 66 valence electrons. The van der Waals surface area contributed by atoms with Crippen LogP contribution in [-0.4, -0.2) is 24.5 Å². The maximum Gasteiger partial charge on any atom is -0.00187 e. The third-order valence-electron chi connectivity index (χ3n) is 2.49. The zero-order valence-corrected chi connectivity index (χ0v) is 7.81. The number of hydrogen-bond donors (Lipinski definition) is 0. The molecule has 0 atom stereocenters. The second-order valence-corrected chi connectivity index (χ2v) is 3.61. The summed E-state index contributed by atoms with van der Waals surface area (Å²) >= 11 is 0. The Morgan fingerprint density at radius 1 is 0.909 bits per heavy atom. The molecule has 0 aliphatic carbocycles. The van der Waals surface area contributed by atoms with E-state index in [0.29, 0.717) is 0 Å². The van der Waals surface area contributed by atoms with Gasteiger partial charge in [0, 0.05) is 0 Å². The van der Waals surface area contributed by atoms with E-state index < -0.39 is 0 Å². The molecule has 0 spiro atoms. The predicted molar refractivity (Wildman–Crippen MR) is 49.8 cm³/mol. The molecule has 0 bridgehead atoms. The van der Waals surface area contributed by atoms with Crippen LogP contribution in [-0.2, 0) is 0 Å². The average molecular weight is 155 g/mol. The van der Waals surface area contributed by atoms with Gasteiger partial charge in [-0.3, -0.25) is 0 Å². The maximum absolute atomic E-state index is 2.62. The van der Waals surface area contributed by atoms with Crippen LogP contribution in [0, 0.1) is 0 Å². The lowest BCUT2D eigenvalue weighted by molar-refractivity contribution is 0.248. The summed E-state index contributed by atoms with van der Waals surface area (Å²) < 4.78 is 0. The zero-order valence-electron chi connectivity index (χ0n) is 7.81. The van der Waals surface area contributed by atoms with Crippen molar-refractivity contribution in [3.63, 3.8) is 0 Å². The van der Waals surface area contributed by atoms with Crippen molar-refractivity contribution in [3.8, 4) is 0 Å². The SMILES string of the molecule is CCCN1CCCCCCC1. The van der Waals surface area contributed by atoms with Crippen LogP contribution in [0.3, 0.4) is 0 Å². The molecule has 0 amide bonds. The molecule has 0 aromatic carbocycles. The highest BCUT2D eigenvalue weighted by atomic mass is 15.1. The van der Waals surface area contributed by atoms with Gasteiger partial charge < -0.3 is 4.90 Å². The van der Waals surface area contributed by atoms with E-state index in [0.717, 1.165) is 0 Å². The number of nitrogens with zero attached hydrogens (tertiary/aromatic N) is 1. The molecule has 0 saturated carbocycles. The minimum absolute atomic E-state index is 1.32. The van der Waals surface area contributed by atoms with Crippen LogP contribution in [0.2, 0.25) is 0 Å². The van der Waals surface area contributed by atoms with E-state index in [1.165, 1.54) is 58.2 Å². The summed E-state index contributed by atoms with van der Waals surface area (Å²) in [5.41, 5.74) is 0. The summed E-state index contributed by atoms with van der Waals surface area (Å²) in [6.45, 7) is 6.31. The molecule has 1 aliphatic heterocycles. The van der Waals surface area contributed by atoms with Crippen LogP contribution >= 0.6 is 0 Å². The lowest BCUT2D eigenvalue weighted by Gasteiger charge is -2.23. The molecule has 1 aliphatic rings. The Morgan fingerprint density at radius 2 is 1.45 bits per heavy atom. The molecule has 1 fully saturated rings. The second kappa shape index (κ2) is 5.59. The molecule has 1 rings (SSSR count). The largest absolute Gasteiger partial charge is 0.303 e. The number of hydrogen-bond acceptors (Lipinski definition) is 1.